The monoisotopic (exact) mass is 344 g/mol. The number of aromatic nitrogens is 1. The quantitative estimate of drug-likeness (QED) is 0.549. The number of rotatable bonds is 3. The second-order valence-electron chi connectivity index (χ2n) is 6.77. The minimum absolute atomic E-state index is 0.675. The maximum atomic E-state index is 6.00. The predicted molar refractivity (Wildman–Crippen MR) is 103 cm³/mol. The first-order chi connectivity index (χ1) is 12.8. The van der Waals surface area contributed by atoms with Gasteiger partial charge in [-0.05, 0) is 40.6 Å². The molecule has 1 saturated heterocycles. The molecule has 4 nitrogen and oxygen atoms in total. The third kappa shape index (κ3) is 2.98. The van der Waals surface area contributed by atoms with Crippen molar-refractivity contribution in [1.29, 1.82) is 0 Å². The summed E-state index contributed by atoms with van der Waals surface area (Å²) in [6.07, 6.45) is 0. The number of oxazole rings is 1. The van der Waals surface area contributed by atoms with Crippen molar-refractivity contribution in [2.45, 2.75) is 6.54 Å². The molecule has 2 heterocycles. The molecule has 0 spiro atoms. The molecule has 0 N–H and O–H groups in total. The standard InChI is InChI=1S/C22H20N2O2/c1-2-4-18-14-19(7-6-17(18)3-1)22-23-20-13-16(5-8-21(20)26-22)15-24-9-11-25-12-10-24/h1-8,13-14H,9-12,15H2. The molecule has 1 aliphatic rings. The van der Waals surface area contributed by atoms with Crippen LogP contribution >= 0.6 is 0 Å². The highest BCUT2D eigenvalue weighted by Gasteiger charge is 2.13. The van der Waals surface area contributed by atoms with Gasteiger partial charge in [-0.15, -0.1) is 0 Å². The molecule has 4 aromatic rings. The van der Waals surface area contributed by atoms with E-state index in [1.807, 2.05) is 6.07 Å². The lowest BCUT2D eigenvalue weighted by atomic mass is 10.1. The van der Waals surface area contributed by atoms with Crippen molar-refractivity contribution >= 4 is 21.9 Å². The fourth-order valence-electron chi connectivity index (χ4n) is 3.53. The fraction of sp³-hybridized carbons (Fsp3) is 0.227. The number of morpholine rings is 1. The Labute approximate surface area is 152 Å². The molecule has 4 heteroatoms. The Kier molecular flexibility index (Phi) is 3.92. The zero-order valence-electron chi connectivity index (χ0n) is 14.5. The van der Waals surface area contributed by atoms with Gasteiger partial charge in [0.15, 0.2) is 5.58 Å². The van der Waals surface area contributed by atoms with E-state index >= 15 is 0 Å². The maximum Gasteiger partial charge on any atom is 0.227 e. The molecule has 1 aromatic heterocycles. The van der Waals surface area contributed by atoms with Gasteiger partial charge in [-0.1, -0.05) is 36.4 Å². The molecular formula is C22H20N2O2. The van der Waals surface area contributed by atoms with E-state index in [9.17, 15) is 0 Å². The molecule has 0 radical (unpaired) electrons. The summed E-state index contributed by atoms with van der Waals surface area (Å²) >= 11 is 0. The Hall–Kier alpha value is -2.69. The van der Waals surface area contributed by atoms with Crippen LogP contribution in [0.4, 0.5) is 0 Å². The molecule has 0 bridgehead atoms. The van der Waals surface area contributed by atoms with E-state index in [1.54, 1.807) is 0 Å². The van der Waals surface area contributed by atoms with Gasteiger partial charge in [0.25, 0.3) is 0 Å². The Morgan fingerprint density at radius 1 is 0.885 bits per heavy atom. The Morgan fingerprint density at radius 2 is 1.73 bits per heavy atom. The molecule has 3 aromatic carbocycles. The Balaban J connectivity index is 1.46. The van der Waals surface area contributed by atoms with Crippen molar-refractivity contribution in [3.8, 4) is 11.5 Å². The summed E-state index contributed by atoms with van der Waals surface area (Å²) in [4.78, 5) is 7.15. The molecule has 0 atom stereocenters. The van der Waals surface area contributed by atoms with Crippen LogP contribution in [0.1, 0.15) is 5.56 Å². The van der Waals surface area contributed by atoms with Crippen molar-refractivity contribution < 1.29 is 9.15 Å². The van der Waals surface area contributed by atoms with Gasteiger partial charge in [0, 0.05) is 25.2 Å². The molecule has 0 aliphatic carbocycles. The molecule has 1 fully saturated rings. The summed E-state index contributed by atoms with van der Waals surface area (Å²) in [6, 6.07) is 21.0. The van der Waals surface area contributed by atoms with Crippen LogP contribution in [-0.4, -0.2) is 36.2 Å². The van der Waals surface area contributed by atoms with E-state index < -0.39 is 0 Å². The van der Waals surface area contributed by atoms with Gasteiger partial charge < -0.3 is 9.15 Å². The molecule has 26 heavy (non-hydrogen) atoms. The number of ether oxygens (including phenoxy) is 1. The summed E-state index contributed by atoms with van der Waals surface area (Å²) in [6.45, 7) is 4.53. The molecular weight excluding hydrogens is 324 g/mol. The molecule has 0 amide bonds. The van der Waals surface area contributed by atoms with Crippen molar-refractivity contribution in [3.63, 3.8) is 0 Å². The summed E-state index contributed by atoms with van der Waals surface area (Å²) in [7, 11) is 0. The van der Waals surface area contributed by atoms with Gasteiger partial charge in [-0.25, -0.2) is 4.98 Å². The van der Waals surface area contributed by atoms with Crippen LogP contribution < -0.4 is 0 Å². The average molecular weight is 344 g/mol. The van der Waals surface area contributed by atoms with E-state index in [0.29, 0.717) is 5.89 Å². The normalized spacial score (nSPS) is 15.7. The number of nitrogens with zero attached hydrogens (tertiary/aromatic N) is 2. The van der Waals surface area contributed by atoms with Gasteiger partial charge in [0.05, 0.1) is 13.2 Å². The molecule has 1 aliphatic heterocycles. The van der Waals surface area contributed by atoms with E-state index in [1.165, 1.54) is 16.3 Å². The van der Waals surface area contributed by atoms with Crippen LogP contribution in [0.3, 0.4) is 0 Å². The Bertz CT molecular complexity index is 1060. The smallest absolute Gasteiger partial charge is 0.227 e. The lowest BCUT2D eigenvalue weighted by Crippen LogP contribution is -2.35. The van der Waals surface area contributed by atoms with Crippen LogP contribution in [0.25, 0.3) is 33.3 Å². The fourth-order valence-corrected chi connectivity index (χ4v) is 3.53. The van der Waals surface area contributed by atoms with Gasteiger partial charge in [0.1, 0.15) is 5.52 Å². The summed E-state index contributed by atoms with van der Waals surface area (Å²) in [5.74, 6) is 0.675. The number of fused-ring (bicyclic) bond motifs is 2. The zero-order chi connectivity index (χ0) is 17.3. The second-order valence-corrected chi connectivity index (χ2v) is 6.77. The average Bonchev–Trinajstić information content (AvgIpc) is 3.12. The third-order valence-corrected chi connectivity index (χ3v) is 4.96. The predicted octanol–water partition coefficient (Wildman–Crippen LogP) is 4.48. The first kappa shape index (κ1) is 15.6. The lowest BCUT2D eigenvalue weighted by molar-refractivity contribution is 0.0342. The van der Waals surface area contributed by atoms with Crippen LogP contribution in [0.15, 0.2) is 65.1 Å². The number of hydrogen-bond donors (Lipinski definition) is 0. The SMILES string of the molecule is c1ccc2cc(-c3nc4cc(CN5CCOCC5)ccc4o3)ccc2c1. The third-order valence-electron chi connectivity index (χ3n) is 4.96. The molecule has 0 unspecified atom stereocenters. The number of hydrogen-bond acceptors (Lipinski definition) is 4. The first-order valence-corrected chi connectivity index (χ1v) is 9.04. The summed E-state index contributed by atoms with van der Waals surface area (Å²) in [5, 5.41) is 2.42. The topological polar surface area (TPSA) is 38.5 Å². The maximum absolute atomic E-state index is 6.00. The highest BCUT2D eigenvalue weighted by Crippen LogP contribution is 2.28. The van der Waals surface area contributed by atoms with Crippen LogP contribution in [-0.2, 0) is 11.3 Å². The van der Waals surface area contributed by atoms with Crippen LogP contribution in [0.2, 0.25) is 0 Å². The van der Waals surface area contributed by atoms with Gasteiger partial charge in [0.2, 0.25) is 5.89 Å². The van der Waals surface area contributed by atoms with Crippen LogP contribution in [0, 0.1) is 0 Å². The van der Waals surface area contributed by atoms with Crippen molar-refractivity contribution in [1.82, 2.24) is 9.88 Å². The molecule has 130 valence electrons. The van der Waals surface area contributed by atoms with E-state index in [4.69, 9.17) is 14.1 Å². The van der Waals surface area contributed by atoms with Gasteiger partial charge in [-0.2, -0.15) is 0 Å². The lowest BCUT2D eigenvalue weighted by Gasteiger charge is -2.26. The van der Waals surface area contributed by atoms with Gasteiger partial charge in [-0.3, -0.25) is 4.90 Å². The minimum atomic E-state index is 0.675. The van der Waals surface area contributed by atoms with E-state index in [-0.39, 0.29) is 0 Å². The van der Waals surface area contributed by atoms with Crippen molar-refractivity contribution in [2.24, 2.45) is 0 Å². The van der Waals surface area contributed by atoms with E-state index in [2.05, 4.69) is 59.5 Å². The largest absolute Gasteiger partial charge is 0.436 e. The molecule has 0 saturated carbocycles. The summed E-state index contributed by atoms with van der Waals surface area (Å²) < 4.78 is 11.4. The minimum Gasteiger partial charge on any atom is -0.436 e. The zero-order valence-corrected chi connectivity index (χ0v) is 14.5. The second kappa shape index (κ2) is 6.56. The number of benzene rings is 3. The van der Waals surface area contributed by atoms with E-state index in [0.717, 1.165) is 49.5 Å². The highest BCUT2D eigenvalue weighted by molar-refractivity contribution is 5.87. The first-order valence-electron chi connectivity index (χ1n) is 9.04. The Morgan fingerprint density at radius 3 is 2.62 bits per heavy atom. The van der Waals surface area contributed by atoms with Crippen molar-refractivity contribution in [2.75, 3.05) is 26.3 Å². The van der Waals surface area contributed by atoms with Crippen LogP contribution in [0.5, 0.6) is 0 Å². The molecule has 5 rings (SSSR count). The van der Waals surface area contributed by atoms with Gasteiger partial charge >= 0.3 is 0 Å². The summed E-state index contributed by atoms with van der Waals surface area (Å²) in [5.41, 5.74) is 4.02. The highest BCUT2D eigenvalue weighted by atomic mass is 16.5. The van der Waals surface area contributed by atoms with Crippen molar-refractivity contribution in [3.05, 3.63) is 66.2 Å².